The predicted octanol–water partition coefficient (Wildman–Crippen LogP) is 2.91. The Morgan fingerprint density at radius 3 is 2.65 bits per heavy atom. The Kier molecular flexibility index (Phi) is 5.60. The highest BCUT2D eigenvalue weighted by Gasteiger charge is 2.59. The average molecular weight is 451 g/mol. The van der Waals surface area contributed by atoms with Crippen LogP contribution in [0.1, 0.15) is 39.5 Å². The Morgan fingerprint density at radius 2 is 1.87 bits per heavy atom. The summed E-state index contributed by atoms with van der Waals surface area (Å²) in [7, 11) is 1.63. The number of hydrogen-bond donors (Lipinski definition) is 2. The number of rotatable bonds is 4. The zero-order chi connectivity index (χ0) is 21.6. The molecule has 4 fully saturated rings. The predicted molar refractivity (Wildman–Crippen MR) is 117 cm³/mol. The summed E-state index contributed by atoms with van der Waals surface area (Å²) in [5.74, 6) is -0.480. The lowest BCUT2D eigenvalue weighted by Crippen LogP contribution is -2.53. The van der Waals surface area contributed by atoms with E-state index >= 15 is 0 Å². The van der Waals surface area contributed by atoms with Gasteiger partial charge in [-0.05, 0) is 51.0 Å². The second-order valence-electron chi connectivity index (χ2n) is 8.98. The van der Waals surface area contributed by atoms with Crippen molar-refractivity contribution in [3.63, 3.8) is 0 Å². The molecule has 9 heteroatoms. The summed E-state index contributed by atoms with van der Waals surface area (Å²) >= 11 is 5.62. The van der Waals surface area contributed by atoms with Gasteiger partial charge in [0.2, 0.25) is 0 Å². The van der Waals surface area contributed by atoms with Crippen molar-refractivity contribution in [2.24, 2.45) is 0 Å². The van der Waals surface area contributed by atoms with Crippen molar-refractivity contribution in [1.82, 2.24) is 5.32 Å². The first-order valence-corrected chi connectivity index (χ1v) is 11.3. The smallest absolute Gasteiger partial charge is 0.189 e. The molecule has 0 unspecified atom stereocenters. The van der Waals surface area contributed by atoms with Crippen molar-refractivity contribution < 1.29 is 28.4 Å². The molecule has 0 radical (unpaired) electrons. The van der Waals surface area contributed by atoms with Gasteiger partial charge in [-0.15, -0.1) is 0 Å². The summed E-state index contributed by atoms with van der Waals surface area (Å²) in [6.45, 7) is 4.25. The van der Waals surface area contributed by atoms with E-state index in [1.54, 1.807) is 7.11 Å². The Balaban J connectivity index is 1.32. The van der Waals surface area contributed by atoms with Crippen molar-refractivity contribution in [2.45, 2.75) is 81.7 Å². The number of ether oxygens (including phenoxy) is 6. The number of thiocarbonyl (C=S) groups is 1. The maximum Gasteiger partial charge on any atom is 0.189 e. The van der Waals surface area contributed by atoms with Crippen LogP contribution in [0, 0.1) is 0 Å². The fourth-order valence-corrected chi connectivity index (χ4v) is 5.23. The van der Waals surface area contributed by atoms with Gasteiger partial charge in [-0.1, -0.05) is 12.1 Å². The van der Waals surface area contributed by atoms with Crippen molar-refractivity contribution in [2.75, 3.05) is 19.0 Å². The molecular weight excluding hydrogens is 420 g/mol. The van der Waals surface area contributed by atoms with E-state index in [2.05, 4.69) is 10.6 Å². The van der Waals surface area contributed by atoms with Crippen LogP contribution >= 0.6 is 12.2 Å². The van der Waals surface area contributed by atoms with E-state index in [9.17, 15) is 0 Å². The van der Waals surface area contributed by atoms with E-state index in [1.807, 2.05) is 38.1 Å². The summed E-state index contributed by atoms with van der Waals surface area (Å²) < 4.78 is 36.3. The lowest BCUT2D eigenvalue weighted by molar-refractivity contribution is -0.226. The molecule has 1 aliphatic carbocycles. The standard InChI is InChI=1S/C22H30N2O6S/c1-21(2)29-18-16(24-20(31)23-13-8-4-5-9-14(13)25-3)17(27-19(18)30-21)15-12-26-22(28-15)10-6-7-11-22/h4-5,8-9,15-19H,6-7,10-12H2,1-3H3,(H2,23,24,31)/t15-,16-,17-,18-,19-/m1/s1. The molecule has 4 aliphatic rings. The van der Waals surface area contributed by atoms with Gasteiger partial charge in [0.25, 0.3) is 0 Å². The molecule has 3 saturated heterocycles. The third kappa shape index (κ3) is 4.15. The molecule has 0 bridgehead atoms. The fourth-order valence-electron chi connectivity index (χ4n) is 4.99. The summed E-state index contributed by atoms with van der Waals surface area (Å²) in [5.41, 5.74) is 0.781. The lowest BCUT2D eigenvalue weighted by atomic mass is 10.0. The molecule has 2 N–H and O–H groups in total. The monoisotopic (exact) mass is 450 g/mol. The Bertz CT molecular complexity index is 830. The van der Waals surface area contributed by atoms with Crippen LogP contribution in [-0.4, -0.2) is 61.0 Å². The molecule has 0 amide bonds. The molecule has 1 spiro atoms. The van der Waals surface area contributed by atoms with Crippen LogP contribution in [0.25, 0.3) is 0 Å². The van der Waals surface area contributed by atoms with Crippen LogP contribution in [0.5, 0.6) is 5.75 Å². The molecule has 1 aromatic carbocycles. The Morgan fingerprint density at radius 1 is 1.10 bits per heavy atom. The fraction of sp³-hybridized carbons (Fsp3) is 0.682. The van der Waals surface area contributed by atoms with Gasteiger partial charge >= 0.3 is 0 Å². The van der Waals surface area contributed by atoms with Gasteiger partial charge in [0.05, 0.1) is 25.4 Å². The van der Waals surface area contributed by atoms with E-state index in [0.29, 0.717) is 17.5 Å². The summed E-state index contributed by atoms with van der Waals surface area (Å²) in [5, 5.41) is 7.06. The van der Waals surface area contributed by atoms with Crippen molar-refractivity contribution in [3.8, 4) is 5.75 Å². The highest BCUT2D eigenvalue weighted by atomic mass is 32.1. The Hall–Kier alpha value is -1.49. The van der Waals surface area contributed by atoms with Crippen molar-refractivity contribution >= 4 is 23.0 Å². The molecule has 1 aromatic rings. The molecule has 8 nitrogen and oxygen atoms in total. The van der Waals surface area contributed by atoms with Gasteiger partial charge < -0.3 is 39.1 Å². The second kappa shape index (κ2) is 8.13. The van der Waals surface area contributed by atoms with E-state index in [4.69, 9.17) is 40.6 Å². The van der Waals surface area contributed by atoms with E-state index in [-0.39, 0.29) is 24.4 Å². The maximum absolute atomic E-state index is 6.40. The van der Waals surface area contributed by atoms with Gasteiger partial charge in [0, 0.05) is 12.8 Å². The van der Waals surface area contributed by atoms with E-state index in [1.165, 1.54) is 0 Å². The normalized spacial score (nSPS) is 35.3. The molecule has 1 saturated carbocycles. The molecule has 31 heavy (non-hydrogen) atoms. The van der Waals surface area contributed by atoms with E-state index < -0.39 is 17.9 Å². The molecule has 170 valence electrons. The lowest BCUT2D eigenvalue weighted by Gasteiger charge is -2.30. The minimum atomic E-state index is -0.725. The molecule has 3 heterocycles. The average Bonchev–Trinajstić information content (AvgIpc) is 3.49. The van der Waals surface area contributed by atoms with Gasteiger partial charge in [0.1, 0.15) is 24.1 Å². The number of methoxy groups -OCH3 is 1. The largest absolute Gasteiger partial charge is 0.495 e. The quantitative estimate of drug-likeness (QED) is 0.673. The molecule has 5 rings (SSSR count). The minimum Gasteiger partial charge on any atom is -0.495 e. The first-order valence-electron chi connectivity index (χ1n) is 10.9. The van der Waals surface area contributed by atoms with Crippen LogP contribution in [-0.2, 0) is 23.7 Å². The second-order valence-corrected chi connectivity index (χ2v) is 9.39. The topological polar surface area (TPSA) is 79.4 Å². The van der Waals surface area contributed by atoms with Crippen LogP contribution in [0.15, 0.2) is 24.3 Å². The summed E-state index contributed by atoms with van der Waals surface area (Å²) in [4.78, 5) is 0. The SMILES string of the molecule is COc1ccccc1NC(=S)N[C@H]1[C@H]2OC(C)(C)O[C@H]2O[C@@H]1[C@H]1COC2(CCCC2)O1. The summed E-state index contributed by atoms with van der Waals surface area (Å²) in [6.07, 6.45) is 2.76. The number of anilines is 1. The number of para-hydroxylation sites is 2. The van der Waals surface area contributed by atoms with Crippen LogP contribution in [0.3, 0.4) is 0 Å². The number of benzene rings is 1. The van der Waals surface area contributed by atoms with Gasteiger partial charge in [-0.2, -0.15) is 0 Å². The van der Waals surface area contributed by atoms with Gasteiger partial charge in [-0.3, -0.25) is 0 Å². The first kappa shape index (κ1) is 21.4. The molecule has 5 atom stereocenters. The highest BCUT2D eigenvalue weighted by Crippen LogP contribution is 2.44. The van der Waals surface area contributed by atoms with Crippen LogP contribution in [0.4, 0.5) is 5.69 Å². The zero-order valence-electron chi connectivity index (χ0n) is 18.1. The Labute approximate surface area is 187 Å². The number of nitrogens with one attached hydrogen (secondary N) is 2. The first-order chi connectivity index (χ1) is 14.9. The third-order valence-electron chi connectivity index (χ3n) is 6.35. The van der Waals surface area contributed by atoms with Crippen LogP contribution in [0.2, 0.25) is 0 Å². The van der Waals surface area contributed by atoms with E-state index in [0.717, 1.165) is 31.4 Å². The molecule has 3 aliphatic heterocycles. The third-order valence-corrected chi connectivity index (χ3v) is 6.57. The highest BCUT2D eigenvalue weighted by molar-refractivity contribution is 7.80. The molecular formula is C22H30N2O6S. The summed E-state index contributed by atoms with van der Waals surface area (Å²) in [6, 6.07) is 7.37. The molecule has 0 aromatic heterocycles. The van der Waals surface area contributed by atoms with Crippen LogP contribution < -0.4 is 15.4 Å². The minimum absolute atomic E-state index is 0.217. The number of fused-ring (bicyclic) bond motifs is 1. The van der Waals surface area contributed by atoms with Gasteiger partial charge in [0.15, 0.2) is 23.0 Å². The maximum atomic E-state index is 6.40. The van der Waals surface area contributed by atoms with Crippen molar-refractivity contribution in [1.29, 1.82) is 0 Å². The van der Waals surface area contributed by atoms with Crippen molar-refractivity contribution in [3.05, 3.63) is 24.3 Å². The zero-order valence-corrected chi connectivity index (χ0v) is 18.9. The number of hydrogen-bond acceptors (Lipinski definition) is 7. The van der Waals surface area contributed by atoms with Gasteiger partial charge in [-0.25, -0.2) is 0 Å².